The molecule has 0 saturated carbocycles. The van der Waals surface area contributed by atoms with Gasteiger partial charge in [0.15, 0.2) is 0 Å². The molecule has 0 radical (unpaired) electrons. The van der Waals surface area contributed by atoms with Gasteiger partial charge in [0.05, 0.1) is 11.0 Å². The molecule has 0 amide bonds. The molecule has 3 rings (SSSR count). The van der Waals surface area contributed by atoms with Crippen LogP contribution in [0.15, 0.2) is 29.8 Å². The lowest BCUT2D eigenvalue weighted by atomic mass is 9.70. The Morgan fingerprint density at radius 1 is 1.30 bits per heavy atom. The number of imidazole rings is 1. The van der Waals surface area contributed by atoms with Gasteiger partial charge in [-0.25, -0.2) is 4.98 Å². The van der Waals surface area contributed by atoms with E-state index in [0.29, 0.717) is 23.7 Å². The number of nitrogens with one attached hydrogen (secondary N) is 1. The zero-order valence-corrected chi connectivity index (χ0v) is 14.8. The van der Waals surface area contributed by atoms with Crippen molar-refractivity contribution in [2.75, 3.05) is 6.54 Å². The largest absolute Gasteiger partial charge is 0.342 e. The second-order valence-corrected chi connectivity index (χ2v) is 7.56. The molecule has 23 heavy (non-hydrogen) atoms. The van der Waals surface area contributed by atoms with Gasteiger partial charge in [0, 0.05) is 6.42 Å². The van der Waals surface area contributed by atoms with Gasteiger partial charge >= 0.3 is 0 Å². The topological polar surface area (TPSA) is 54.7 Å². The van der Waals surface area contributed by atoms with Crippen LogP contribution in [0.2, 0.25) is 0 Å². The number of allylic oxidation sites excluding steroid dienone is 1. The molecule has 3 heteroatoms. The predicted octanol–water partition coefficient (Wildman–Crippen LogP) is 4.23. The summed E-state index contributed by atoms with van der Waals surface area (Å²) in [7, 11) is 0. The first-order valence-corrected chi connectivity index (χ1v) is 8.81. The Morgan fingerprint density at radius 2 is 2.09 bits per heavy atom. The van der Waals surface area contributed by atoms with Crippen LogP contribution < -0.4 is 5.73 Å². The average Bonchev–Trinajstić information content (AvgIpc) is 2.90. The molecule has 3 atom stereocenters. The number of nitrogens with two attached hydrogens (primary N) is 1. The Bertz CT molecular complexity index is 711. The Hall–Kier alpha value is -1.61. The van der Waals surface area contributed by atoms with E-state index in [-0.39, 0.29) is 0 Å². The minimum absolute atomic E-state index is 0.532. The van der Waals surface area contributed by atoms with Crippen LogP contribution in [0.5, 0.6) is 0 Å². The quantitative estimate of drug-likeness (QED) is 0.830. The van der Waals surface area contributed by atoms with Gasteiger partial charge in [-0.1, -0.05) is 31.6 Å². The molecule has 0 spiro atoms. The molecule has 1 aromatic carbocycles. The summed E-state index contributed by atoms with van der Waals surface area (Å²) in [6.45, 7) is 9.79. The van der Waals surface area contributed by atoms with E-state index < -0.39 is 0 Å². The molecule has 1 aliphatic carbocycles. The molecule has 1 heterocycles. The Kier molecular flexibility index (Phi) is 4.58. The lowest BCUT2D eigenvalue weighted by Crippen LogP contribution is -2.32. The Labute approximate surface area is 139 Å². The van der Waals surface area contributed by atoms with Gasteiger partial charge in [-0.2, -0.15) is 0 Å². The SMILES string of the molecule is CC1=CC(CN)C(C(C)C)CC1Cc1nc2ccc(C)cc2[nH]1. The fourth-order valence-electron chi connectivity index (χ4n) is 4.05. The summed E-state index contributed by atoms with van der Waals surface area (Å²) in [5.41, 5.74) is 11.0. The second-order valence-electron chi connectivity index (χ2n) is 7.56. The van der Waals surface area contributed by atoms with E-state index in [4.69, 9.17) is 10.7 Å². The standard InChI is InChI=1S/C20H29N3/c1-12(2)17-9-15(14(4)8-16(17)11-21)10-20-22-18-6-5-13(3)7-19(18)23-20/h5-8,12,15-17H,9-11,21H2,1-4H3,(H,22,23). The molecular formula is C20H29N3. The zero-order chi connectivity index (χ0) is 16.6. The number of benzene rings is 1. The third kappa shape index (κ3) is 3.35. The van der Waals surface area contributed by atoms with Crippen LogP contribution in [0.1, 0.15) is 38.6 Å². The van der Waals surface area contributed by atoms with E-state index in [9.17, 15) is 0 Å². The lowest BCUT2D eigenvalue weighted by Gasteiger charge is -2.36. The zero-order valence-electron chi connectivity index (χ0n) is 14.8. The predicted molar refractivity (Wildman–Crippen MR) is 97.3 cm³/mol. The molecule has 124 valence electrons. The maximum Gasteiger partial charge on any atom is 0.107 e. The minimum atomic E-state index is 0.532. The highest BCUT2D eigenvalue weighted by Crippen LogP contribution is 2.38. The fourth-order valence-corrected chi connectivity index (χ4v) is 4.05. The van der Waals surface area contributed by atoms with Gasteiger partial charge in [0.25, 0.3) is 0 Å². The van der Waals surface area contributed by atoms with Crippen LogP contribution in [-0.2, 0) is 6.42 Å². The number of rotatable bonds is 4. The number of aromatic nitrogens is 2. The third-order valence-electron chi connectivity index (χ3n) is 5.48. The average molecular weight is 311 g/mol. The number of nitrogens with zero attached hydrogens (tertiary/aromatic N) is 1. The first-order valence-electron chi connectivity index (χ1n) is 8.81. The Balaban J connectivity index is 1.83. The first-order chi connectivity index (χ1) is 11.0. The highest BCUT2D eigenvalue weighted by Gasteiger charge is 2.31. The molecule has 2 aromatic rings. The number of hydrogen-bond acceptors (Lipinski definition) is 2. The Morgan fingerprint density at radius 3 is 2.78 bits per heavy atom. The van der Waals surface area contributed by atoms with Gasteiger partial charge in [-0.3, -0.25) is 0 Å². The van der Waals surface area contributed by atoms with E-state index in [1.807, 2.05) is 0 Å². The van der Waals surface area contributed by atoms with Crippen LogP contribution in [0.25, 0.3) is 11.0 Å². The van der Waals surface area contributed by atoms with Crippen molar-refractivity contribution in [3.8, 4) is 0 Å². The van der Waals surface area contributed by atoms with E-state index >= 15 is 0 Å². The van der Waals surface area contributed by atoms with Crippen molar-refractivity contribution in [3.05, 3.63) is 41.2 Å². The van der Waals surface area contributed by atoms with Crippen molar-refractivity contribution in [3.63, 3.8) is 0 Å². The van der Waals surface area contributed by atoms with Gasteiger partial charge in [-0.15, -0.1) is 0 Å². The molecule has 1 aromatic heterocycles. The molecule has 3 unspecified atom stereocenters. The van der Waals surface area contributed by atoms with Gasteiger partial charge in [0.1, 0.15) is 5.82 Å². The van der Waals surface area contributed by atoms with Crippen LogP contribution in [-0.4, -0.2) is 16.5 Å². The van der Waals surface area contributed by atoms with Crippen molar-refractivity contribution in [1.29, 1.82) is 0 Å². The molecule has 3 N–H and O–H groups in total. The van der Waals surface area contributed by atoms with E-state index in [1.165, 1.54) is 17.6 Å². The number of hydrogen-bond donors (Lipinski definition) is 2. The van der Waals surface area contributed by atoms with Gasteiger partial charge in [-0.05, 0) is 68.2 Å². The summed E-state index contributed by atoms with van der Waals surface area (Å²) in [6.07, 6.45) is 4.64. The fraction of sp³-hybridized carbons (Fsp3) is 0.550. The van der Waals surface area contributed by atoms with Crippen molar-refractivity contribution < 1.29 is 0 Å². The monoisotopic (exact) mass is 311 g/mol. The molecule has 1 aliphatic rings. The molecule has 0 saturated heterocycles. The van der Waals surface area contributed by atoms with E-state index in [0.717, 1.165) is 29.8 Å². The van der Waals surface area contributed by atoms with Crippen LogP contribution in [0, 0.1) is 30.6 Å². The van der Waals surface area contributed by atoms with Crippen molar-refractivity contribution in [2.45, 2.75) is 40.5 Å². The maximum atomic E-state index is 5.99. The van der Waals surface area contributed by atoms with Gasteiger partial charge in [0.2, 0.25) is 0 Å². The normalized spacial score (nSPS) is 25.1. The highest BCUT2D eigenvalue weighted by molar-refractivity contribution is 5.75. The smallest absolute Gasteiger partial charge is 0.107 e. The van der Waals surface area contributed by atoms with Gasteiger partial charge < -0.3 is 10.7 Å². The van der Waals surface area contributed by atoms with Crippen molar-refractivity contribution in [1.82, 2.24) is 9.97 Å². The summed E-state index contributed by atoms with van der Waals surface area (Å²) in [4.78, 5) is 8.29. The summed E-state index contributed by atoms with van der Waals surface area (Å²) in [5, 5.41) is 0. The molecule has 3 nitrogen and oxygen atoms in total. The van der Waals surface area contributed by atoms with Crippen molar-refractivity contribution in [2.24, 2.45) is 29.4 Å². The van der Waals surface area contributed by atoms with E-state index in [2.05, 4.69) is 57.0 Å². The molecule has 0 fully saturated rings. The second kappa shape index (κ2) is 6.48. The number of H-pyrrole nitrogens is 1. The van der Waals surface area contributed by atoms with Crippen molar-refractivity contribution >= 4 is 11.0 Å². The van der Waals surface area contributed by atoms with Crippen LogP contribution in [0.3, 0.4) is 0 Å². The molecule has 0 bridgehead atoms. The lowest BCUT2D eigenvalue weighted by molar-refractivity contribution is 0.230. The minimum Gasteiger partial charge on any atom is -0.342 e. The number of fused-ring (bicyclic) bond motifs is 1. The third-order valence-corrected chi connectivity index (χ3v) is 5.48. The highest BCUT2D eigenvalue weighted by atomic mass is 14.9. The summed E-state index contributed by atoms with van der Waals surface area (Å²) in [5.74, 6) is 3.57. The summed E-state index contributed by atoms with van der Waals surface area (Å²) >= 11 is 0. The number of aryl methyl sites for hydroxylation is 1. The molecule has 0 aliphatic heterocycles. The summed E-state index contributed by atoms with van der Waals surface area (Å²) < 4.78 is 0. The molecular weight excluding hydrogens is 282 g/mol. The maximum absolute atomic E-state index is 5.99. The van der Waals surface area contributed by atoms with Crippen LogP contribution >= 0.6 is 0 Å². The summed E-state index contributed by atoms with van der Waals surface area (Å²) in [6, 6.07) is 6.41. The first kappa shape index (κ1) is 16.3. The van der Waals surface area contributed by atoms with Crippen LogP contribution in [0.4, 0.5) is 0 Å². The number of aromatic amines is 1. The van der Waals surface area contributed by atoms with E-state index in [1.54, 1.807) is 0 Å².